The monoisotopic (exact) mass is 302 g/mol. The minimum atomic E-state index is -3.04. The average molecular weight is 302 g/mol. The number of rotatable bonds is 5. The second-order valence-electron chi connectivity index (χ2n) is 5.36. The van der Waals surface area contributed by atoms with Crippen LogP contribution in [0.1, 0.15) is 37.0 Å². The summed E-state index contributed by atoms with van der Waals surface area (Å²) in [7, 11) is 0. The Balaban J connectivity index is 2.13. The molecule has 1 aliphatic carbocycles. The predicted molar refractivity (Wildman–Crippen MR) is 76.1 cm³/mol. The molecule has 1 amide bonds. The SMILES string of the molecule is NCC(F)(F)CNC(=O)C1(c2cccs2)CCCCC1. The summed E-state index contributed by atoms with van der Waals surface area (Å²) in [6, 6.07) is 3.83. The average Bonchev–Trinajstić information content (AvgIpc) is 3.00. The number of halogens is 2. The van der Waals surface area contributed by atoms with Gasteiger partial charge in [0.15, 0.2) is 0 Å². The van der Waals surface area contributed by atoms with Crippen LogP contribution >= 0.6 is 11.3 Å². The molecular weight excluding hydrogens is 282 g/mol. The molecule has 0 saturated heterocycles. The molecule has 1 aromatic rings. The lowest BCUT2D eigenvalue weighted by atomic mass is 9.72. The lowest BCUT2D eigenvalue weighted by Gasteiger charge is -2.35. The van der Waals surface area contributed by atoms with Gasteiger partial charge in [-0.15, -0.1) is 11.3 Å². The van der Waals surface area contributed by atoms with E-state index < -0.39 is 24.4 Å². The fourth-order valence-electron chi connectivity index (χ4n) is 2.74. The fourth-order valence-corrected chi connectivity index (χ4v) is 3.73. The Labute approximate surface area is 121 Å². The highest BCUT2D eigenvalue weighted by atomic mass is 32.1. The third-order valence-corrected chi connectivity index (χ3v) is 5.01. The van der Waals surface area contributed by atoms with Crippen molar-refractivity contribution in [2.24, 2.45) is 5.73 Å². The van der Waals surface area contributed by atoms with Crippen LogP contribution in [0.5, 0.6) is 0 Å². The molecule has 3 nitrogen and oxygen atoms in total. The molecule has 0 spiro atoms. The maximum absolute atomic E-state index is 13.2. The summed E-state index contributed by atoms with van der Waals surface area (Å²) in [5.41, 5.74) is 4.37. The van der Waals surface area contributed by atoms with Gasteiger partial charge in [-0.05, 0) is 24.3 Å². The van der Waals surface area contributed by atoms with Crippen LogP contribution in [0, 0.1) is 0 Å². The zero-order valence-corrected chi connectivity index (χ0v) is 12.1. The van der Waals surface area contributed by atoms with Crippen molar-refractivity contribution in [3.63, 3.8) is 0 Å². The van der Waals surface area contributed by atoms with Crippen molar-refractivity contribution < 1.29 is 13.6 Å². The van der Waals surface area contributed by atoms with Crippen molar-refractivity contribution in [3.8, 4) is 0 Å². The standard InChI is InChI=1S/C14H20F2N2OS/c15-14(16,9-17)10-18-12(19)13(6-2-1-3-7-13)11-5-4-8-20-11/h4-5,8H,1-3,6-7,9-10,17H2,(H,18,19). The molecule has 0 radical (unpaired) electrons. The molecule has 1 saturated carbocycles. The first-order valence-corrected chi connectivity index (χ1v) is 7.78. The molecule has 0 unspecified atom stereocenters. The minimum absolute atomic E-state index is 0.284. The Kier molecular flexibility index (Phi) is 4.75. The third-order valence-electron chi connectivity index (χ3n) is 3.94. The van der Waals surface area contributed by atoms with Gasteiger partial charge in [-0.25, -0.2) is 8.78 Å². The Bertz CT molecular complexity index is 442. The highest BCUT2D eigenvalue weighted by Crippen LogP contribution is 2.41. The second-order valence-corrected chi connectivity index (χ2v) is 6.31. The van der Waals surface area contributed by atoms with Crippen molar-refractivity contribution >= 4 is 17.2 Å². The van der Waals surface area contributed by atoms with E-state index in [-0.39, 0.29) is 5.91 Å². The lowest BCUT2D eigenvalue weighted by Crippen LogP contribution is -2.50. The van der Waals surface area contributed by atoms with E-state index in [0.717, 1.165) is 37.0 Å². The molecule has 2 rings (SSSR count). The Morgan fingerprint density at radius 1 is 1.40 bits per heavy atom. The van der Waals surface area contributed by atoms with Crippen LogP contribution in [0.3, 0.4) is 0 Å². The zero-order chi connectivity index (χ0) is 14.6. The lowest BCUT2D eigenvalue weighted by molar-refractivity contribution is -0.129. The molecule has 112 valence electrons. The van der Waals surface area contributed by atoms with E-state index in [1.54, 1.807) is 0 Å². The predicted octanol–water partition coefficient (Wildman–Crippen LogP) is 2.66. The fraction of sp³-hybridized carbons (Fsp3) is 0.643. The van der Waals surface area contributed by atoms with E-state index in [2.05, 4.69) is 5.32 Å². The van der Waals surface area contributed by atoms with Gasteiger partial charge in [0.1, 0.15) is 0 Å². The van der Waals surface area contributed by atoms with E-state index in [4.69, 9.17) is 5.73 Å². The van der Waals surface area contributed by atoms with Gasteiger partial charge in [0.25, 0.3) is 5.92 Å². The van der Waals surface area contributed by atoms with Crippen LogP contribution in [-0.2, 0) is 10.2 Å². The first kappa shape index (κ1) is 15.4. The molecule has 1 fully saturated rings. The molecule has 1 aromatic heterocycles. The maximum Gasteiger partial charge on any atom is 0.277 e. The van der Waals surface area contributed by atoms with Gasteiger partial charge in [0.05, 0.1) is 18.5 Å². The topological polar surface area (TPSA) is 55.1 Å². The molecule has 1 heterocycles. The van der Waals surface area contributed by atoms with Crippen molar-refractivity contribution in [1.82, 2.24) is 5.32 Å². The molecule has 1 aliphatic rings. The van der Waals surface area contributed by atoms with Crippen molar-refractivity contribution in [3.05, 3.63) is 22.4 Å². The molecular formula is C14H20F2N2OS. The van der Waals surface area contributed by atoms with Gasteiger partial charge in [0, 0.05) is 4.88 Å². The normalized spacial score (nSPS) is 18.8. The van der Waals surface area contributed by atoms with E-state index in [9.17, 15) is 13.6 Å². The number of thiophene rings is 1. The first-order chi connectivity index (χ1) is 9.50. The Hall–Kier alpha value is -1.01. The number of carbonyl (C=O) groups excluding carboxylic acids is 1. The van der Waals surface area contributed by atoms with Crippen molar-refractivity contribution in [1.29, 1.82) is 0 Å². The summed E-state index contributed by atoms with van der Waals surface area (Å²) in [6.45, 7) is -1.44. The molecule has 3 N–H and O–H groups in total. The van der Waals surface area contributed by atoms with Crippen molar-refractivity contribution in [2.45, 2.75) is 43.4 Å². The van der Waals surface area contributed by atoms with E-state index in [0.29, 0.717) is 0 Å². The number of hydrogen-bond acceptors (Lipinski definition) is 3. The van der Waals surface area contributed by atoms with Crippen LogP contribution in [0.2, 0.25) is 0 Å². The van der Waals surface area contributed by atoms with Gasteiger partial charge in [-0.3, -0.25) is 4.79 Å². The van der Waals surface area contributed by atoms with Gasteiger partial charge in [-0.2, -0.15) is 0 Å². The summed E-state index contributed by atoms with van der Waals surface area (Å²) >= 11 is 1.52. The molecule has 0 aromatic carbocycles. The number of nitrogens with two attached hydrogens (primary N) is 1. The van der Waals surface area contributed by atoms with E-state index in [1.807, 2.05) is 17.5 Å². The smallest absolute Gasteiger partial charge is 0.277 e. The van der Waals surface area contributed by atoms with Crippen LogP contribution in [0.4, 0.5) is 8.78 Å². The molecule has 0 aliphatic heterocycles. The second kappa shape index (κ2) is 6.18. The number of amides is 1. The first-order valence-electron chi connectivity index (χ1n) is 6.90. The molecule has 20 heavy (non-hydrogen) atoms. The molecule has 0 atom stereocenters. The number of alkyl halides is 2. The van der Waals surface area contributed by atoms with Crippen LogP contribution in [0.15, 0.2) is 17.5 Å². The summed E-state index contributed by atoms with van der Waals surface area (Å²) in [6.07, 6.45) is 4.47. The number of hydrogen-bond donors (Lipinski definition) is 2. The Morgan fingerprint density at radius 3 is 2.65 bits per heavy atom. The number of carbonyl (C=O) groups is 1. The number of nitrogens with one attached hydrogen (secondary N) is 1. The van der Waals surface area contributed by atoms with Crippen LogP contribution in [-0.4, -0.2) is 24.9 Å². The van der Waals surface area contributed by atoms with Crippen LogP contribution in [0.25, 0.3) is 0 Å². The van der Waals surface area contributed by atoms with Crippen LogP contribution < -0.4 is 11.1 Å². The Morgan fingerprint density at radius 2 is 2.10 bits per heavy atom. The third kappa shape index (κ3) is 3.17. The summed E-state index contributed by atoms with van der Waals surface area (Å²) < 4.78 is 26.4. The highest BCUT2D eigenvalue weighted by molar-refractivity contribution is 7.10. The quantitative estimate of drug-likeness (QED) is 0.878. The maximum atomic E-state index is 13.2. The van der Waals surface area contributed by atoms with E-state index >= 15 is 0 Å². The summed E-state index contributed by atoms with van der Waals surface area (Å²) in [5.74, 6) is -3.33. The molecule has 6 heteroatoms. The van der Waals surface area contributed by atoms with Gasteiger partial charge in [0.2, 0.25) is 5.91 Å². The highest BCUT2D eigenvalue weighted by Gasteiger charge is 2.42. The summed E-state index contributed by atoms with van der Waals surface area (Å²) in [5, 5.41) is 4.33. The van der Waals surface area contributed by atoms with Crippen molar-refractivity contribution in [2.75, 3.05) is 13.1 Å². The van der Waals surface area contributed by atoms with Gasteiger partial charge < -0.3 is 11.1 Å². The van der Waals surface area contributed by atoms with Gasteiger partial charge in [-0.1, -0.05) is 25.3 Å². The summed E-state index contributed by atoms with van der Waals surface area (Å²) in [4.78, 5) is 13.5. The van der Waals surface area contributed by atoms with Gasteiger partial charge >= 0.3 is 0 Å². The minimum Gasteiger partial charge on any atom is -0.349 e. The van der Waals surface area contributed by atoms with E-state index in [1.165, 1.54) is 11.3 Å². The zero-order valence-electron chi connectivity index (χ0n) is 11.3. The largest absolute Gasteiger partial charge is 0.349 e. The molecule has 0 bridgehead atoms.